The van der Waals surface area contributed by atoms with Crippen molar-refractivity contribution >= 4 is 28.6 Å². The van der Waals surface area contributed by atoms with Crippen molar-refractivity contribution in [2.24, 2.45) is 0 Å². The Morgan fingerprint density at radius 3 is 2.63 bits per heavy atom. The molecule has 30 heavy (non-hydrogen) atoms. The first-order chi connectivity index (χ1) is 14.5. The van der Waals surface area contributed by atoms with Gasteiger partial charge in [0.2, 0.25) is 5.88 Å². The molecule has 150 valence electrons. The molecule has 1 amide bonds. The third kappa shape index (κ3) is 3.97. The van der Waals surface area contributed by atoms with Gasteiger partial charge in [-0.2, -0.15) is 0 Å². The van der Waals surface area contributed by atoms with Gasteiger partial charge in [0.1, 0.15) is 17.6 Å². The third-order valence-corrected chi connectivity index (χ3v) is 4.40. The van der Waals surface area contributed by atoms with E-state index < -0.39 is 11.7 Å². The standard InChI is InChI=1S/C22H18FN5O2/c1-14-5-3-4-6-18(14)27-21-19-11-24-13-28(19)20(12-25-21)30-17-9-7-16(8-10-17)26-22(29)15(2)23/h3-13H,2H2,1H3,(H,25,27)(H,26,29). The number of carbonyl (C=O) groups excluding carboxylic acids is 1. The fourth-order valence-electron chi connectivity index (χ4n) is 2.83. The molecule has 8 heteroatoms. The molecule has 2 heterocycles. The van der Waals surface area contributed by atoms with E-state index in [1.807, 2.05) is 31.2 Å². The van der Waals surface area contributed by atoms with Crippen LogP contribution >= 0.6 is 0 Å². The minimum Gasteiger partial charge on any atom is -0.439 e. The normalized spacial score (nSPS) is 10.6. The zero-order valence-electron chi connectivity index (χ0n) is 16.1. The lowest BCUT2D eigenvalue weighted by atomic mass is 10.2. The molecule has 0 saturated heterocycles. The molecule has 4 rings (SSSR count). The van der Waals surface area contributed by atoms with Crippen molar-refractivity contribution in [3.63, 3.8) is 0 Å². The summed E-state index contributed by atoms with van der Waals surface area (Å²) in [6, 6.07) is 14.4. The monoisotopic (exact) mass is 403 g/mol. The van der Waals surface area contributed by atoms with E-state index in [1.165, 1.54) is 0 Å². The summed E-state index contributed by atoms with van der Waals surface area (Å²) in [5, 5.41) is 5.71. The van der Waals surface area contributed by atoms with Crippen LogP contribution in [0.25, 0.3) is 5.52 Å². The molecule has 0 radical (unpaired) electrons. The van der Waals surface area contributed by atoms with Gasteiger partial charge in [0, 0.05) is 11.4 Å². The molecule has 0 aliphatic carbocycles. The summed E-state index contributed by atoms with van der Waals surface area (Å²) in [6.45, 7) is 4.98. The van der Waals surface area contributed by atoms with Crippen molar-refractivity contribution in [1.29, 1.82) is 0 Å². The van der Waals surface area contributed by atoms with Crippen molar-refractivity contribution in [1.82, 2.24) is 14.4 Å². The number of imidazole rings is 1. The summed E-state index contributed by atoms with van der Waals surface area (Å²) in [4.78, 5) is 20.0. The second-order valence-electron chi connectivity index (χ2n) is 6.52. The Balaban J connectivity index is 1.56. The van der Waals surface area contributed by atoms with Crippen LogP contribution in [0.1, 0.15) is 5.56 Å². The zero-order valence-corrected chi connectivity index (χ0v) is 16.1. The Bertz CT molecular complexity index is 1230. The summed E-state index contributed by atoms with van der Waals surface area (Å²) in [5.41, 5.74) is 3.23. The van der Waals surface area contributed by atoms with Crippen molar-refractivity contribution in [2.75, 3.05) is 10.6 Å². The van der Waals surface area contributed by atoms with Crippen LogP contribution in [-0.2, 0) is 4.79 Å². The van der Waals surface area contributed by atoms with E-state index in [4.69, 9.17) is 4.74 Å². The second kappa shape index (κ2) is 8.04. The van der Waals surface area contributed by atoms with Gasteiger partial charge < -0.3 is 15.4 Å². The van der Waals surface area contributed by atoms with Gasteiger partial charge in [-0.05, 0) is 42.8 Å². The Morgan fingerprint density at radius 2 is 1.90 bits per heavy atom. The van der Waals surface area contributed by atoms with E-state index in [0.717, 1.165) is 16.8 Å². The predicted octanol–water partition coefficient (Wildman–Crippen LogP) is 5.00. The third-order valence-electron chi connectivity index (χ3n) is 4.40. The highest BCUT2D eigenvalue weighted by atomic mass is 19.1. The fourth-order valence-corrected chi connectivity index (χ4v) is 2.83. The number of nitrogens with one attached hydrogen (secondary N) is 2. The van der Waals surface area contributed by atoms with Gasteiger partial charge in [0.25, 0.3) is 5.91 Å². The minimum absolute atomic E-state index is 0.426. The van der Waals surface area contributed by atoms with Crippen molar-refractivity contribution < 1.29 is 13.9 Å². The highest BCUT2D eigenvalue weighted by molar-refractivity contribution is 6.01. The van der Waals surface area contributed by atoms with Crippen LogP contribution in [0.15, 0.2) is 79.7 Å². The average molecular weight is 403 g/mol. The number of halogens is 1. The van der Waals surface area contributed by atoms with Crippen LogP contribution in [0, 0.1) is 6.92 Å². The molecule has 0 unspecified atom stereocenters. The lowest BCUT2D eigenvalue weighted by molar-refractivity contribution is -0.114. The maximum Gasteiger partial charge on any atom is 0.283 e. The Labute approximate surface area is 171 Å². The number of nitrogens with zero attached hydrogens (tertiary/aromatic N) is 3. The molecule has 0 fully saturated rings. The van der Waals surface area contributed by atoms with Crippen molar-refractivity contribution in [2.45, 2.75) is 6.92 Å². The maximum absolute atomic E-state index is 12.8. The second-order valence-corrected chi connectivity index (χ2v) is 6.52. The van der Waals surface area contributed by atoms with E-state index in [0.29, 0.717) is 23.1 Å². The van der Waals surface area contributed by atoms with Crippen molar-refractivity contribution in [3.05, 3.63) is 85.2 Å². The first kappa shape index (κ1) is 19.1. The summed E-state index contributed by atoms with van der Waals surface area (Å²) < 4.78 is 20.5. The van der Waals surface area contributed by atoms with Crippen LogP contribution in [0.5, 0.6) is 11.6 Å². The van der Waals surface area contributed by atoms with E-state index in [-0.39, 0.29) is 0 Å². The number of amides is 1. The molecular weight excluding hydrogens is 385 g/mol. The summed E-state index contributed by atoms with van der Waals surface area (Å²) in [7, 11) is 0. The molecule has 2 N–H and O–H groups in total. The largest absolute Gasteiger partial charge is 0.439 e. The first-order valence-electron chi connectivity index (χ1n) is 9.08. The number of ether oxygens (including phenoxy) is 1. The predicted molar refractivity (Wildman–Crippen MR) is 113 cm³/mol. The quantitative estimate of drug-likeness (QED) is 0.443. The average Bonchev–Trinajstić information content (AvgIpc) is 3.23. The van der Waals surface area contributed by atoms with Crippen molar-refractivity contribution in [3.8, 4) is 11.6 Å². The van der Waals surface area contributed by atoms with E-state index in [2.05, 4.69) is 27.2 Å². The Kier molecular flexibility index (Phi) is 5.13. The molecule has 0 spiro atoms. The molecule has 2 aromatic heterocycles. The number of fused-ring (bicyclic) bond motifs is 1. The van der Waals surface area contributed by atoms with E-state index >= 15 is 0 Å². The van der Waals surface area contributed by atoms with Crippen LogP contribution in [0.2, 0.25) is 0 Å². The highest BCUT2D eigenvalue weighted by Gasteiger charge is 2.11. The number of hydrogen-bond donors (Lipinski definition) is 2. The topological polar surface area (TPSA) is 80.5 Å². The SMILES string of the molecule is C=C(F)C(=O)Nc1ccc(Oc2cnc(Nc3ccccc3C)c3cncn23)cc1. The number of aromatic nitrogens is 3. The number of hydrogen-bond acceptors (Lipinski definition) is 5. The van der Waals surface area contributed by atoms with Gasteiger partial charge in [-0.25, -0.2) is 14.4 Å². The lowest BCUT2D eigenvalue weighted by Crippen LogP contribution is -2.10. The molecule has 0 atom stereocenters. The smallest absolute Gasteiger partial charge is 0.283 e. The van der Waals surface area contributed by atoms with Gasteiger partial charge in [0.05, 0.1) is 12.4 Å². The van der Waals surface area contributed by atoms with E-state index in [1.54, 1.807) is 47.4 Å². The Hall–Kier alpha value is -4.20. The molecule has 4 aromatic rings. The van der Waals surface area contributed by atoms with Crippen LogP contribution in [0.4, 0.5) is 21.6 Å². The molecule has 0 saturated carbocycles. The van der Waals surface area contributed by atoms with Gasteiger partial charge in [-0.1, -0.05) is 24.8 Å². The number of aryl methyl sites for hydroxylation is 1. The number of anilines is 3. The van der Waals surface area contributed by atoms with Crippen LogP contribution in [-0.4, -0.2) is 20.3 Å². The number of benzene rings is 2. The molecule has 2 aromatic carbocycles. The summed E-state index contributed by atoms with van der Waals surface area (Å²) in [5.74, 6) is -0.304. The van der Waals surface area contributed by atoms with Gasteiger partial charge in [-0.15, -0.1) is 0 Å². The zero-order chi connectivity index (χ0) is 21.1. The Morgan fingerprint density at radius 1 is 1.13 bits per heavy atom. The van der Waals surface area contributed by atoms with Gasteiger partial charge in [-0.3, -0.25) is 9.20 Å². The van der Waals surface area contributed by atoms with E-state index in [9.17, 15) is 9.18 Å². The van der Waals surface area contributed by atoms with Gasteiger partial charge >= 0.3 is 0 Å². The van der Waals surface area contributed by atoms with Crippen LogP contribution in [0.3, 0.4) is 0 Å². The van der Waals surface area contributed by atoms with Gasteiger partial charge in [0.15, 0.2) is 11.6 Å². The first-order valence-corrected chi connectivity index (χ1v) is 9.08. The number of para-hydroxylation sites is 1. The molecule has 0 aliphatic heterocycles. The fraction of sp³-hybridized carbons (Fsp3) is 0.0455. The summed E-state index contributed by atoms with van der Waals surface area (Å²) in [6.07, 6.45) is 4.93. The number of carbonyl (C=O) groups is 1. The minimum atomic E-state index is -1.05. The lowest BCUT2D eigenvalue weighted by Gasteiger charge is -2.13. The molecule has 7 nitrogen and oxygen atoms in total. The number of rotatable bonds is 6. The molecular formula is C22H18FN5O2. The highest BCUT2D eigenvalue weighted by Crippen LogP contribution is 2.28. The maximum atomic E-state index is 12.8. The summed E-state index contributed by atoms with van der Waals surface area (Å²) >= 11 is 0. The molecule has 0 aliphatic rings. The van der Waals surface area contributed by atoms with Crippen LogP contribution < -0.4 is 15.4 Å². The molecule has 0 bridgehead atoms.